The van der Waals surface area contributed by atoms with Crippen molar-refractivity contribution in [2.45, 2.75) is 38.5 Å². The van der Waals surface area contributed by atoms with Crippen molar-refractivity contribution in [1.29, 1.82) is 0 Å². The molecule has 3 saturated heterocycles. The normalized spacial score (nSPS) is 26.0. The van der Waals surface area contributed by atoms with E-state index in [1.165, 1.54) is 64.7 Å². The fourth-order valence-electron chi connectivity index (χ4n) is 4.61. The zero-order valence-electron chi connectivity index (χ0n) is 15.4. The van der Waals surface area contributed by atoms with Crippen molar-refractivity contribution in [2.24, 2.45) is 11.8 Å². The van der Waals surface area contributed by atoms with Gasteiger partial charge in [-0.05, 0) is 96.7 Å². The number of likely N-dealkylation sites (tertiary alicyclic amines) is 3. The van der Waals surface area contributed by atoms with Gasteiger partial charge in [-0.15, -0.1) is 0 Å². The van der Waals surface area contributed by atoms with Crippen LogP contribution < -0.4 is 0 Å². The van der Waals surface area contributed by atoms with Crippen molar-refractivity contribution in [2.75, 3.05) is 66.0 Å². The lowest BCUT2D eigenvalue weighted by Gasteiger charge is -2.39. The summed E-state index contributed by atoms with van der Waals surface area (Å²) in [6.07, 6.45) is 7.82. The lowest BCUT2D eigenvalue weighted by atomic mass is 9.79. The van der Waals surface area contributed by atoms with Crippen molar-refractivity contribution < 1.29 is 9.53 Å². The zero-order valence-corrected chi connectivity index (χ0v) is 15.4. The Kier molecular flexibility index (Phi) is 6.93. The molecule has 0 aromatic carbocycles. The fourth-order valence-corrected chi connectivity index (χ4v) is 4.61. The van der Waals surface area contributed by atoms with E-state index in [2.05, 4.69) is 21.7 Å². The molecule has 0 atom stereocenters. The maximum absolute atomic E-state index is 12.0. The first kappa shape index (κ1) is 18.2. The predicted octanol–water partition coefficient (Wildman–Crippen LogP) is 1.68. The Labute approximate surface area is 147 Å². The van der Waals surface area contributed by atoms with Crippen molar-refractivity contribution >= 4 is 5.97 Å². The Hall–Kier alpha value is -0.650. The van der Waals surface area contributed by atoms with Crippen LogP contribution in [0, 0.1) is 11.8 Å². The molecule has 0 bridgehead atoms. The second-order valence-corrected chi connectivity index (χ2v) is 8.02. The summed E-state index contributed by atoms with van der Waals surface area (Å²) in [5.41, 5.74) is 0. The summed E-state index contributed by atoms with van der Waals surface area (Å²) in [5.74, 6) is 1.75. The number of carbonyl (C=O) groups excluding carboxylic acids is 1. The summed E-state index contributed by atoms with van der Waals surface area (Å²) in [4.78, 5) is 19.1. The number of ether oxygens (including phenoxy) is 1. The molecule has 0 N–H and O–H groups in total. The smallest absolute Gasteiger partial charge is 0.320 e. The second-order valence-electron chi connectivity index (χ2n) is 8.02. The van der Waals surface area contributed by atoms with Crippen LogP contribution in [0.3, 0.4) is 0 Å². The van der Waals surface area contributed by atoms with Gasteiger partial charge in [0.25, 0.3) is 0 Å². The first-order valence-electron chi connectivity index (χ1n) is 9.99. The van der Waals surface area contributed by atoms with Crippen molar-refractivity contribution in [1.82, 2.24) is 14.7 Å². The molecule has 3 aliphatic heterocycles. The molecule has 0 amide bonds. The van der Waals surface area contributed by atoms with Gasteiger partial charge in [-0.3, -0.25) is 14.6 Å². The highest BCUT2D eigenvalue weighted by molar-refractivity contribution is 5.71. The number of nitrogens with zero attached hydrogens (tertiary/aromatic N) is 3. The lowest BCUT2D eigenvalue weighted by Crippen LogP contribution is -2.42. The van der Waals surface area contributed by atoms with Crippen LogP contribution in [-0.4, -0.2) is 86.7 Å². The summed E-state index contributed by atoms with van der Waals surface area (Å²) in [5, 5.41) is 0. The molecule has 3 aliphatic rings. The van der Waals surface area contributed by atoms with Gasteiger partial charge in [-0.25, -0.2) is 0 Å². The summed E-state index contributed by atoms with van der Waals surface area (Å²) in [6.45, 7) is 8.94. The Bertz CT molecular complexity index is 382. The highest BCUT2D eigenvalue weighted by Crippen LogP contribution is 2.32. The Balaban J connectivity index is 1.28. The number of rotatable bonds is 6. The van der Waals surface area contributed by atoms with E-state index in [-0.39, 0.29) is 5.97 Å². The minimum Gasteiger partial charge on any atom is -0.463 e. The van der Waals surface area contributed by atoms with E-state index in [0.717, 1.165) is 31.5 Å². The van der Waals surface area contributed by atoms with E-state index in [0.29, 0.717) is 13.2 Å². The molecule has 0 radical (unpaired) electrons. The van der Waals surface area contributed by atoms with Crippen molar-refractivity contribution in [3.63, 3.8) is 0 Å². The Morgan fingerprint density at radius 3 is 2.08 bits per heavy atom. The Morgan fingerprint density at radius 2 is 1.46 bits per heavy atom. The van der Waals surface area contributed by atoms with Crippen LogP contribution in [0.5, 0.6) is 0 Å². The predicted molar refractivity (Wildman–Crippen MR) is 96.0 cm³/mol. The molecular weight excluding hydrogens is 302 g/mol. The van der Waals surface area contributed by atoms with Gasteiger partial charge in [-0.2, -0.15) is 0 Å². The van der Waals surface area contributed by atoms with Crippen LogP contribution in [0.15, 0.2) is 0 Å². The van der Waals surface area contributed by atoms with Gasteiger partial charge in [0.1, 0.15) is 6.61 Å². The fraction of sp³-hybridized carbons (Fsp3) is 0.947. The standard InChI is InChI=1S/C19H35N3O2/c1-20-10-4-17(5-11-20)18-6-12-22(13-7-18)16-19(23)24-15-14-21-8-2-3-9-21/h17-18H,2-16H2,1H3. The summed E-state index contributed by atoms with van der Waals surface area (Å²) < 4.78 is 5.43. The molecule has 0 aliphatic carbocycles. The Morgan fingerprint density at radius 1 is 0.875 bits per heavy atom. The second kappa shape index (κ2) is 9.16. The van der Waals surface area contributed by atoms with Crippen LogP contribution in [0.1, 0.15) is 38.5 Å². The van der Waals surface area contributed by atoms with Gasteiger partial charge in [0, 0.05) is 6.54 Å². The number of carbonyl (C=O) groups is 1. The van der Waals surface area contributed by atoms with Gasteiger partial charge >= 0.3 is 5.97 Å². The van der Waals surface area contributed by atoms with Crippen LogP contribution in [0.4, 0.5) is 0 Å². The van der Waals surface area contributed by atoms with Crippen LogP contribution in [-0.2, 0) is 9.53 Å². The van der Waals surface area contributed by atoms with E-state index < -0.39 is 0 Å². The lowest BCUT2D eigenvalue weighted by molar-refractivity contribution is -0.145. The molecule has 0 aromatic rings. The molecule has 138 valence electrons. The monoisotopic (exact) mass is 337 g/mol. The molecular formula is C19H35N3O2. The van der Waals surface area contributed by atoms with E-state index >= 15 is 0 Å². The maximum Gasteiger partial charge on any atom is 0.320 e. The number of hydrogen-bond donors (Lipinski definition) is 0. The van der Waals surface area contributed by atoms with Gasteiger partial charge in [0.05, 0.1) is 6.54 Å². The average Bonchev–Trinajstić information content (AvgIpc) is 3.10. The van der Waals surface area contributed by atoms with E-state index in [1.54, 1.807) is 0 Å². The van der Waals surface area contributed by atoms with Crippen molar-refractivity contribution in [3.05, 3.63) is 0 Å². The molecule has 5 heteroatoms. The molecule has 24 heavy (non-hydrogen) atoms. The number of esters is 1. The topological polar surface area (TPSA) is 36.0 Å². The third-order valence-electron chi connectivity index (χ3n) is 6.28. The first-order valence-corrected chi connectivity index (χ1v) is 9.99. The quantitative estimate of drug-likeness (QED) is 0.689. The average molecular weight is 338 g/mol. The largest absolute Gasteiger partial charge is 0.463 e. The maximum atomic E-state index is 12.0. The summed E-state index contributed by atoms with van der Waals surface area (Å²) in [7, 11) is 2.23. The molecule has 3 fully saturated rings. The van der Waals surface area contributed by atoms with E-state index in [4.69, 9.17) is 4.74 Å². The minimum absolute atomic E-state index is 0.0352. The first-order chi connectivity index (χ1) is 11.7. The molecule has 3 rings (SSSR count). The van der Waals surface area contributed by atoms with Gasteiger partial charge < -0.3 is 9.64 Å². The van der Waals surface area contributed by atoms with Gasteiger partial charge in [0.2, 0.25) is 0 Å². The van der Waals surface area contributed by atoms with Crippen LogP contribution >= 0.6 is 0 Å². The molecule has 0 aromatic heterocycles. The van der Waals surface area contributed by atoms with Crippen molar-refractivity contribution in [3.8, 4) is 0 Å². The highest BCUT2D eigenvalue weighted by Gasteiger charge is 2.29. The molecule has 5 nitrogen and oxygen atoms in total. The zero-order chi connectivity index (χ0) is 16.8. The van der Waals surface area contributed by atoms with Gasteiger partial charge in [-0.1, -0.05) is 0 Å². The number of piperidine rings is 2. The summed E-state index contributed by atoms with van der Waals surface area (Å²) >= 11 is 0. The van der Waals surface area contributed by atoms with Crippen LogP contribution in [0.2, 0.25) is 0 Å². The molecule has 3 heterocycles. The molecule has 0 saturated carbocycles. The number of hydrogen-bond acceptors (Lipinski definition) is 5. The van der Waals surface area contributed by atoms with E-state index in [1.807, 2.05) is 0 Å². The minimum atomic E-state index is -0.0352. The molecule has 0 unspecified atom stereocenters. The highest BCUT2D eigenvalue weighted by atomic mass is 16.5. The third kappa shape index (κ3) is 5.43. The third-order valence-corrected chi connectivity index (χ3v) is 6.28. The van der Waals surface area contributed by atoms with Crippen LogP contribution in [0.25, 0.3) is 0 Å². The van der Waals surface area contributed by atoms with Gasteiger partial charge in [0.15, 0.2) is 0 Å². The molecule has 0 spiro atoms. The SMILES string of the molecule is CN1CCC(C2CCN(CC(=O)OCCN3CCCC3)CC2)CC1. The van der Waals surface area contributed by atoms with E-state index in [9.17, 15) is 4.79 Å². The summed E-state index contributed by atoms with van der Waals surface area (Å²) in [6, 6.07) is 0.